The highest BCUT2D eigenvalue weighted by Gasteiger charge is 2.13. The van der Waals surface area contributed by atoms with Crippen molar-refractivity contribution >= 4 is 16.6 Å². The van der Waals surface area contributed by atoms with Crippen LogP contribution < -0.4 is 5.73 Å². The minimum atomic E-state index is 0.808. The Balaban J connectivity index is 1.62. The molecule has 5 heteroatoms. The third-order valence-corrected chi connectivity index (χ3v) is 4.40. The van der Waals surface area contributed by atoms with E-state index in [1.165, 1.54) is 31.6 Å². The lowest BCUT2D eigenvalue weighted by Crippen LogP contribution is -2.44. The lowest BCUT2D eigenvalue weighted by molar-refractivity contribution is 0.151. The summed E-state index contributed by atoms with van der Waals surface area (Å²) in [6.07, 6.45) is 1.13. The average molecular weight is 287 g/mol. The number of piperazine rings is 1. The number of benzene rings is 1. The zero-order chi connectivity index (χ0) is 14.8. The topological polar surface area (TPSA) is 50.3 Å². The number of fused-ring (bicyclic) bond motifs is 1. The summed E-state index contributed by atoms with van der Waals surface area (Å²) < 4.78 is 2.11. The molecular formula is C16H25N5. The Kier molecular flexibility index (Phi) is 4.12. The predicted molar refractivity (Wildman–Crippen MR) is 87.4 cm³/mol. The number of nitrogens with two attached hydrogens (primary N) is 1. The summed E-state index contributed by atoms with van der Waals surface area (Å²) in [6, 6.07) is 6.06. The van der Waals surface area contributed by atoms with Crippen LogP contribution in [0, 0.1) is 6.92 Å². The number of anilines is 1. The highest BCUT2D eigenvalue weighted by molar-refractivity contribution is 5.84. The van der Waals surface area contributed by atoms with E-state index >= 15 is 0 Å². The molecule has 0 amide bonds. The molecule has 0 aliphatic carbocycles. The Morgan fingerprint density at radius 1 is 1.14 bits per heavy atom. The Bertz CT molecular complexity index is 610. The van der Waals surface area contributed by atoms with Gasteiger partial charge in [-0.2, -0.15) is 5.10 Å². The molecule has 0 saturated carbocycles. The van der Waals surface area contributed by atoms with E-state index in [9.17, 15) is 0 Å². The van der Waals surface area contributed by atoms with E-state index in [0.717, 1.165) is 36.4 Å². The minimum absolute atomic E-state index is 0.808. The van der Waals surface area contributed by atoms with Crippen LogP contribution in [-0.4, -0.2) is 59.4 Å². The first kappa shape index (κ1) is 14.4. The molecule has 3 rings (SSSR count). The molecule has 114 valence electrons. The van der Waals surface area contributed by atoms with Gasteiger partial charge in [-0.05, 0) is 45.1 Å². The van der Waals surface area contributed by atoms with Crippen LogP contribution >= 0.6 is 0 Å². The van der Waals surface area contributed by atoms with Crippen LogP contribution in [0.5, 0.6) is 0 Å². The van der Waals surface area contributed by atoms with Gasteiger partial charge in [0.15, 0.2) is 0 Å². The summed E-state index contributed by atoms with van der Waals surface area (Å²) in [5.74, 6) is 0. The quantitative estimate of drug-likeness (QED) is 0.867. The van der Waals surface area contributed by atoms with Gasteiger partial charge in [-0.1, -0.05) is 0 Å². The number of nitrogen functional groups attached to an aromatic ring is 1. The molecule has 0 unspecified atom stereocenters. The minimum Gasteiger partial charge on any atom is -0.399 e. The van der Waals surface area contributed by atoms with Crippen LogP contribution in [-0.2, 0) is 6.54 Å². The number of likely N-dealkylation sites (N-methyl/N-ethyl adjacent to an activating group) is 1. The van der Waals surface area contributed by atoms with Gasteiger partial charge in [0.2, 0.25) is 0 Å². The molecule has 1 aromatic carbocycles. The van der Waals surface area contributed by atoms with E-state index in [2.05, 4.69) is 39.6 Å². The van der Waals surface area contributed by atoms with Crippen LogP contribution in [0.2, 0.25) is 0 Å². The summed E-state index contributed by atoms with van der Waals surface area (Å²) in [6.45, 7) is 8.90. The molecule has 0 spiro atoms. The summed E-state index contributed by atoms with van der Waals surface area (Å²) in [5.41, 5.74) is 8.96. The monoisotopic (exact) mass is 287 g/mol. The van der Waals surface area contributed by atoms with E-state index in [4.69, 9.17) is 5.73 Å². The zero-order valence-electron chi connectivity index (χ0n) is 13.0. The third kappa shape index (κ3) is 3.19. The lowest BCUT2D eigenvalue weighted by Gasteiger charge is -2.32. The van der Waals surface area contributed by atoms with Crippen molar-refractivity contribution in [2.75, 3.05) is 45.5 Å². The van der Waals surface area contributed by atoms with Crippen molar-refractivity contribution in [3.05, 3.63) is 23.9 Å². The fourth-order valence-corrected chi connectivity index (χ4v) is 3.04. The predicted octanol–water partition coefficient (Wildman–Crippen LogP) is 1.56. The van der Waals surface area contributed by atoms with Crippen molar-refractivity contribution in [2.45, 2.75) is 19.9 Å². The smallest absolute Gasteiger partial charge is 0.0705 e. The summed E-state index contributed by atoms with van der Waals surface area (Å²) in [4.78, 5) is 4.94. The van der Waals surface area contributed by atoms with Crippen molar-refractivity contribution in [3.63, 3.8) is 0 Å². The van der Waals surface area contributed by atoms with Crippen LogP contribution in [0.4, 0.5) is 5.69 Å². The maximum atomic E-state index is 5.91. The molecule has 0 radical (unpaired) electrons. The summed E-state index contributed by atoms with van der Waals surface area (Å²) in [7, 11) is 2.19. The molecule has 5 nitrogen and oxygen atoms in total. The molecular weight excluding hydrogens is 262 g/mol. The molecule has 1 aliphatic heterocycles. The van der Waals surface area contributed by atoms with Gasteiger partial charge in [0.25, 0.3) is 0 Å². The average Bonchev–Trinajstić information content (AvgIpc) is 2.77. The van der Waals surface area contributed by atoms with Gasteiger partial charge in [-0.15, -0.1) is 0 Å². The van der Waals surface area contributed by atoms with Gasteiger partial charge in [0.05, 0.1) is 11.2 Å². The molecule has 21 heavy (non-hydrogen) atoms. The van der Waals surface area contributed by atoms with Gasteiger partial charge in [0.1, 0.15) is 0 Å². The van der Waals surface area contributed by atoms with Crippen molar-refractivity contribution < 1.29 is 0 Å². The SMILES string of the molecule is Cc1nn(CCCN2CCN(C)CC2)c2cc(N)ccc12. The molecule has 0 atom stereocenters. The van der Waals surface area contributed by atoms with E-state index in [1.807, 2.05) is 12.1 Å². The first-order valence-corrected chi connectivity index (χ1v) is 7.77. The van der Waals surface area contributed by atoms with Crippen LogP contribution in [0.15, 0.2) is 18.2 Å². The molecule has 1 aromatic heterocycles. The van der Waals surface area contributed by atoms with E-state index < -0.39 is 0 Å². The fourth-order valence-electron chi connectivity index (χ4n) is 3.04. The second-order valence-corrected chi connectivity index (χ2v) is 6.08. The van der Waals surface area contributed by atoms with E-state index in [0.29, 0.717) is 0 Å². The molecule has 1 aliphatic rings. The van der Waals surface area contributed by atoms with Crippen molar-refractivity contribution in [2.24, 2.45) is 0 Å². The number of aromatic nitrogens is 2. The molecule has 0 bridgehead atoms. The highest BCUT2D eigenvalue weighted by Crippen LogP contribution is 2.21. The maximum Gasteiger partial charge on any atom is 0.0705 e. The number of rotatable bonds is 4. The van der Waals surface area contributed by atoms with Gasteiger partial charge in [0, 0.05) is 43.8 Å². The number of hydrogen-bond donors (Lipinski definition) is 1. The lowest BCUT2D eigenvalue weighted by atomic mass is 10.2. The van der Waals surface area contributed by atoms with Crippen molar-refractivity contribution in [1.29, 1.82) is 0 Å². The second kappa shape index (κ2) is 6.03. The van der Waals surface area contributed by atoms with Gasteiger partial charge < -0.3 is 15.5 Å². The van der Waals surface area contributed by atoms with E-state index in [1.54, 1.807) is 0 Å². The fraction of sp³-hybridized carbons (Fsp3) is 0.562. The van der Waals surface area contributed by atoms with E-state index in [-0.39, 0.29) is 0 Å². The van der Waals surface area contributed by atoms with Gasteiger partial charge in [-0.3, -0.25) is 4.68 Å². The second-order valence-electron chi connectivity index (χ2n) is 6.08. The Morgan fingerprint density at radius 3 is 2.67 bits per heavy atom. The van der Waals surface area contributed by atoms with Crippen molar-refractivity contribution in [1.82, 2.24) is 19.6 Å². The third-order valence-electron chi connectivity index (χ3n) is 4.40. The van der Waals surface area contributed by atoms with Gasteiger partial charge in [-0.25, -0.2) is 0 Å². The number of nitrogens with zero attached hydrogens (tertiary/aromatic N) is 4. The normalized spacial score (nSPS) is 17.6. The number of aryl methyl sites for hydroxylation is 2. The van der Waals surface area contributed by atoms with Crippen molar-refractivity contribution in [3.8, 4) is 0 Å². The van der Waals surface area contributed by atoms with Crippen LogP contribution in [0.1, 0.15) is 12.1 Å². The molecule has 2 aromatic rings. The Hall–Kier alpha value is -1.59. The maximum absolute atomic E-state index is 5.91. The highest BCUT2D eigenvalue weighted by atomic mass is 15.3. The zero-order valence-corrected chi connectivity index (χ0v) is 13.0. The molecule has 1 fully saturated rings. The molecule has 1 saturated heterocycles. The Morgan fingerprint density at radius 2 is 1.90 bits per heavy atom. The summed E-state index contributed by atoms with van der Waals surface area (Å²) in [5, 5.41) is 5.87. The van der Waals surface area contributed by atoms with Crippen LogP contribution in [0.3, 0.4) is 0 Å². The first-order valence-electron chi connectivity index (χ1n) is 7.77. The largest absolute Gasteiger partial charge is 0.399 e. The standard InChI is InChI=1S/C16H25N5/c1-13-15-5-4-14(17)12-16(15)21(18-13)7-3-6-20-10-8-19(2)9-11-20/h4-5,12H,3,6-11,17H2,1-2H3. The summed E-state index contributed by atoms with van der Waals surface area (Å²) >= 11 is 0. The first-order chi connectivity index (χ1) is 10.1. The molecule has 2 heterocycles. The number of hydrogen-bond acceptors (Lipinski definition) is 4. The van der Waals surface area contributed by atoms with Gasteiger partial charge >= 0.3 is 0 Å². The van der Waals surface area contributed by atoms with Crippen LogP contribution in [0.25, 0.3) is 10.9 Å². The Labute approximate surface area is 126 Å². The molecule has 2 N–H and O–H groups in total.